The number of methoxy groups -OCH3 is 1. The van der Waals surface area contributed by atoms with Crippen molar-refractivity contribution in [3.05, 3.63) is 129 Å². The van der Waals surface area contributed by atoms with Gasteiger partial charge in [-0.05, 0) is 94.7 Å². The number of nitrogens with one attached hydrogen (secondary N) is 1. The molecule has 4 aromatic carbocycles. The third-order valence-electron chi connectivity index (χ3n) is 7.80. The summed E-state index contributed by atoms with van der Waals surface area (Å²) in [5.74, 6) is 2.36. The Balaban J connectivity index is 1.17. The smallest absolute Gasteiger partial charge is 0.175 e. The molecule has 0 saturated heterocycles. The minimum atomic E-state index is 0.282. The van der Waals surface area contributed by atoms with Crippen molar-refractivity contribution in [3.63, 3.8) is 0 Å². The van der Waals surface area contributed by atoms with E-state index in [9.17, 15) is 0 Å². The fourth-order valence-electron chi connectivity index (χ4n) is 6.05. The molecule has 3 atom stereocenters. The molecule has 0 spiro atoms. The molecule has 0 fully saturated rings. The van der Waals surface area contributed by atoms with Gasteiger partial charge in [0.25, 0.3) is 0 Å². The maximum atomic E-state index is 6.17. The zero-order valence-electron chi connectivity index (χ0n) is 23.0. The fraction of sp³-hybridized carbons (Fsp3) is 0.229. The Morgan fingerprint density at radius 2 is 1.75 bits per heavy atom. The Kier molecular flexibility index (Phi) is 7.48. The van der Waals surface area contributed by atoms with Gasteiger partial charge in [0, 0.05) is 17.8 Å². The number of hydrogen-bond acceptors (Lipinski definition) is 4. The zero-order chi connectivity index (χ0) is 27.6. The molecule has 5 heteroatoms. The topological polar surface area (TPSA) is 42.8 Å². The Hall–Kier alpha value is -3.83. The van der Waals surface area contributed by atoms with Gasteiger partial charge in [0.2, 0.25) is 0 Å². The normalized spacial score (nSPS) is 19.2. The summed E-state index contributed by atoms with van der Waals surface area (Å²) < 4.78 is 12.7. The molecule has 1 N–H and O–H groups in total. The maximum absolute atomic E-state index is 6.17. The van der Waals surface area contributed by atoms with Crippen LogP contribution in [-0.4, -0.2) is 13.3 Å². The molecule has 202 valence electrons. The molecule has 6 rings (SSSR count). The van der Waals surface area contributed by atoms with Gasteiger partial charge in [-0.15, -0.1) is 0 Å². The van der Waals surface area contributed by atoms with Crippen molar-refractivity contribution < 1.29 is 9.47 Å². The Morgan fingerprint density at radius 1 is 0.975 bits per heavy atom. The van der Waals surface area contributed by atoms with Crippen LogP contribution in [0.5, 0.6) is 11.5 Å². The lowest BCUT2D eigenvalue weighted by atomic mass is 9.77. The molecule has 0 aromatic heterocycles. The number of benzene rings is 4. The number of aryl methyl sites for hydroxylation is 2. The fourth-order valence-corrected chi connectivity index (χ4v) is 6.63. The van der Waals surface area contributed by atoms with Crippen molar-refractivity contribution in [1.82, 2.24) is 0 Å². The predicted molar refractivity (Wildman–Crippen MR) is 167 cm³/mol. The van der Waals surface area contributed by atoms with Crippen molar-refractivity contribution >= 4 is 33.5 Å². The average molecular weight is 594 g/mol. The molecule has 4 aromatic rings. The number of ether oxygens (including phenoxy) is 2. The molecule has 40 heavy (non-hydrogen) atoms. The highest BCUT2D eigenvalue weighted by molar-refractivity contribution is 9.10. The number of halogens is 1. The standard InChI is InChI=1S/C35H33BrN2O2/c1-22-15-23(2)17-25(16-22)21-40-35-31(36)18-24(19-33(35)39-3)20-37-27-13-11-26(12-14-27)34-30-9-6-8-28(30)29-7-4-5-10-32(29)38-34/h4-8,10-20,28,30,34,38H,9,21H2,1-3H3/t28-,30+,34-/m0/s1. The summed E-state index contributed by atoms with van der Waals surface area (Å²) >= 11 is 3.68. The highest BCUT2D eigenvalue weighted by Gasteiger charge is 2.37. The molecule has 0 radical (unpaired) electrons. The molecular formula is C35H33BrN2O2. The van der Waals surface area contributed by atoms with Gasteiger partial charge in [0.05, 0.1) is 23.3 Å². The molecule has 1 heterocycles. The van der Waals surface area contributed by atoms with Crippen LogP contribution in [-0.2, 0) is 6.61 Å². The van der Waals surface area contributed by atoms with Crippen molar-refractivity contribution in [2.24, 2.45) is 10.9 Å². The SMILES string of the molecule is COc1cc(C=Nc2ccc([C@@H]3Nc4ccccc4[C@@H]4C=CC[C@H]43)cc2)cc(Br)c1OCc1cc(C)cc(C)c1. The van der Waals surface area contributed by atoms with Crippen molar-refractivity contribution in [1.29, 1.82) is 0 Å². The first-order valence-electron chi connectivity index (χ1n) is 13.7. The second-order valence-electron chi connectivity index (χ2n) is 10.7. The van der Waals surface area contributed by atoms with Crippen molar-refractivity contribution in [3.8, 4) is 11.5 Å². The number of nitrogens with zero attached hydrogens (tertiary/aromatic N) is 1. The maximum Gasteiger partial charge on any atom is 0.175 e. The Bertz CT molecular complexity index is 1570. The third-order valence-corrected chi connectivity index (χ3v) is 8.39. The van der Waals surface area contributed by atoms with Gasteiger partial charge < -0.3 is 14.8 Å². The van der Waals surface area contributed by atoms with E-state index in [4.69, 9.17) is 14.5 Å². The minimum absolute atomic E-state index is 0.282. The molecule has 0 bridgehead atoms. The van der Waals surface area contributed by atoms with E-state index in [1.807, 2.05) is 18.3 Å². The first-order valence-corrected chi connectivity index (χ1v) is 14.5. The van der Waals surface area contributed by atoms with Crippen molar-refractivity contribution in [2.45, 2.75) is 38.8 Å². The number of para-hydroxylation sites is 1. The second-order valence-corrected chi connectivity index (χ2v) is 11.6. The number of rotatable bonds is 7. The van der Waals surface area contributed by atoms with Gasteiger partial charge >= 0.3 is 0 Å². The van der Waals surface area contributed by atoms with E-state index in [2.05, 4.69) is 114 Å². The second kappa shape index (κ2) is 11.3. The summed E-state index contributed by atoms with van der Waals surface area (Å²) in [6.45, 7) is 4.67. The summed E-state index contributed by atoms with van der Waals surface area (Å²) in [5, 5.41) is 3.80. The molecule has 1 aliphatic carbocycles. The quantitative estimate of drug-likeness (QED) is 0.172. The van der Waals surface area contributed by atoms with Crippen molar-refractivity contribution in [2.75, 3.05) is 12.4 Å². The first kappa shape index (κ1) is 26.4. The lowest BCUT2D eigenvalue weighted by Gasteiger charge is -2.37. The summed E-state index contributed by atoms with van der Waals surface area (Å²) in [5.41, 5.74) is 9.36. The van der Waals surface area contributed by atoms with Gasteiger partial charge in [-0.25, -0.2) is 0 Å². The monoisotopic (exact) mass is 592 g/mol. The van der Waals surface area contributed by atoms with Crippen LogP contribution in [0.25, 0.3) is 0 Å². The molecule has 0 saturated carbocycles. The van der Waals surface area contributed by atoms with E-state index in [1.165, 1.54) is 27.9 Å². The van der Waals surface area contributed by atoms with E-state index < -0.39 is 0 Å². The number of aliphatic imine (C=N–C) groups is 1. The molecule has 4 nitrogen and oxygen atoms in total. The summed E-state index contributed by atoms with van der Waals surface area (Å²) in [4.78, 5) is 4.75. The van der Waals surface area contributed by atoms with Crippen LogP contribution in [0.3, 0.4) is 0 Å². The largest absolute Gasteiger partial charge is 0.493 e. The predicted octanol–water partition coefficient (Wildman–Crippen LogP) is 9.23. The molecular weight excluding hydrogens is 560 g/mol. The Labute approximate surface area is 244 Å². The van der Waals surface area contributed by atoms with Crippen LogP contribution in [0.4, 0.5) is 11.4 Å². The molecule has 0 amide bonds. The van der Waals surface area contributed by atoms with Crippen LogP contribution in [0.15, 0.2) is 100 Å². The van der Waals surface area contributed by atoms with Crippen LogP contribution in [0, 0.1) is 19.8 Å². The molecule has 0 unspecified atom stereocenters. The average Bonchev–Trinajstić information content (AvgIpc) is 3.45. The van der Waals surface area contributed by atoms with Gasteiger partial charge in [0.15, 0.2) is 11.5 Å². The van der Waals surface area contributed by atoms with Gasteiger partial charge in [-0.1, -0.05) is 71.8 Å². The lowest BCUT2D eigenvalue weighted by molar-refractivity contribution is 0.282. The highest BCUT2D eigenvalue weighted by atomic mass is 79.9. The third kappa shape index (κ3) is 5.44. The lowest BCUT2D eigenvalue weighted by Crippen LogP contribution is -2.28. The van der Waals surface area contributed by atoms with E-state index in [-0.39, 0.29) is 6.04 Å². The zero-order valence-corrected chi connectivity index (χ0v) is 24.6. The number of allylic oxidation sites excluding steroid dienone is 2. The molecule has 1 aliphatic heterocycles. The first-order chi connectivity index (χ1) is 19.5. The number of fused-ring (bicyclic) bond motifs is 3. The van der Waals surface area contributed by atoms with Gasteiger partial charge in [-0.2, -0.15) is 0 Å². The summed E-state index contributed by atoms with van der Waals surface area (Å²) in [6, 6.07) is 28.0. The summed E-state index contributed by atoms with van der Waals surface area (Å²) in [6.07, 6.45) is 7.67. The van der Waals surface area contributed by atoms with Crippen LogP contribution in [0.2, 0.25) is 0 Å². The number of anilines is 1. The summed E-state index contributed by atoms with van der Waals surface area (Å²) in [7, 11) is 1.66. The minimum Gasteiger partial charge on any atom is -0.493 e. The van der Waals surface area contributed by atoms with Crippen LogP contribution in [0.1, 0.15) is 51.8 Å². The Morgan fingerprint density at radius 3 is 2.52 bits per heavy atom. The van der Waals surface area contributed by atoms with E-state index in [0.29, 0.717) is 29.9 Å². The van der Waals surface area contributed by atoms with E-state index in [0.717, 1.165) is 27.7 Å². The molecule has 2 aliphatic rings. The van der Waals surface area contributed by atoms with E-state index >= 15 is 0 Å². The highest BCUT2D eigenvalue weighted by Crippen LogP contribution is 2.49. The van der Waals surface area contributed by atoms with E-state index in [1.54, 1.807) is 7.11 Å². The number of hydrogen-bond donors (Lipinski definition) is 1. The van der Waals surface area contributed by atoms with Crippen LogP contribution < -0.4 is 14.8 Å². The van der Waals surface area contributed by atoms with Crippen LogP contribution >= 0.6 is 15.9 Å². The van der Waals surface area contributed by atoms with Gasteiger partial charge in [-0.3, -0.25) is 4.99 Å². The van der Waals surface area contributed by atoms with Gasteiger partial charge in [0.1, 0.15) is 6.61 Å².